The van der Waals surface area contributed by atoms with E-state index in [4.69, 9.17) is 5.11 Å². The average molecular weight is 274 g/mol. The highest BCUT2D eigenvalue weighted by molar-refractivity contribution is 6.34. The molecule has 0 radical (unpaired) electrons. The van der Waals surface area contributed by atoms with Gasteiger partial charge in [-0.3, -0.25) is 0 Å². The van der Waals surface area contributed by atoms with E-state index in [0.717, 1.165) is 12.1 Å². The minimum Gasteiger partial charge on any atom is -0.477 e. The van der Waals surface area contributed by atoms with Crippen LogP contribution in [-0.4, -0.2) is 23.3 Å². The van der Waals surface area contributed by atoms with Gasteiger partial charge in [0.05, 0.1) is 5.56 Å². The molecule has 0 heterocycles. The van der Waals surface area contributed by atoms with Gasteiger partial charge in [0, 0.05) is 6.54 Å². The number of hydrogen-bond donors (Lipinski definition) is 2. The van der Waals surface area contributed by atoms with Crippen molar-refractivity contribution in [3.8, 4) is 0 Å². The van der Waals surface area contributed by atoms with Crippen LogP contribution in [0.2, 0.25) is 0 Å². The van der Waals surface area contributed by atoms with E-state index in [9.17, 15) is 18.0 Å². The normalized spacial score (nSPS) is 12.3. The van der Waals surface area contributed by atoms with E-state index in [2.05, 4.69) is 10.5 Å². The second-order valence-corrected chi connectivity index (χ2v) is 3.86. The Morgan fingerprint density at radius 3 is 2.68 bits per heavy atom. The van der Waals surface area contributed by atoms with Crippen LogP contribution in [-0.2, 0) is 17.4 Å². The predicted octanol–water partition coefficient (Wildman–Crippen LogP) is 2.30. The van der Waals surface area contributed by atoms with Crippen LogP contribution in [0.4, 0.5) is 13.2 Å². The zero-order valence-corrected chi connectivity index (χ0v) is 10.2. The van der Waals surface area contributed by atoms with Gasteiger partial charge in [-0.1, -0.05) is 18.2 Å². The van der Waals surface area contributed by atoms with Crippen LogP contribution in [0.3, 0.4) is 0 Å². The quantitative estimate of drug-likeness (QED) is 0.492. The van der Waals surface area contributed by atoms with E-state index in [1.54, 1.807) is 6.07 Å². The lowest BCUT2D eigenvalue weighted by Crippen LogP contribution is -2.17. The monoisotopic (exact) mass is 274 g/mol. The van der Waals surface area contributed by atoms with Crippen LogP contribution in [0.25, 0.3) is 0 Å². The molecule has 0 saturated carbocycles. The number of halogens is 3. The molecule has 0 aliphatic rings. The number of nitrogens with one attached hydrogen (secondary N) is 1. The third kappa shape index (κ3) is 4.99. The van der Waals surface area contributed by atoms with Crippen LogP contribution in [0, 0.1) is 0 Å². The summed E-state index contributed by atoms with van der Waals surface area (Å²) in [7, 11) is 0. The Morgan fingerprint density at radius 1 is 1.42 bits per heavy atom. The molecule has 7 heteroatoms. The molecule has 4 nitrogen and oxygen atoms in total. The molecule has 1 aromatic rings. The summed E-state index contributed by atoms with van der Waals surface area (Å²) < 4.78 is 37.3. The largest absolute Gasteiger partial charge is 0.477 e. The van der Waals surface area contributed by atoms with E-state index < -0.39 is 17.7 Å². The highest BCUT2D eigenvalue weighted by Gasteiger charge is 2.30. The Balaban J connectivity index is 2.55. The van der Waals surface area contributed by atoms with E-state index in [1.165, 1.54) is 13.0 Å². The van der Waals surface area contributed by atoms with Gasteiger partial charge in [0.2, 0.25) is 0 Å². The predicted molar refractivity (Wildman–Crippen MR) is 63.9 cm³/mol. The SMILES string of the molecule is C/C(=N/NCCc1cccc(C(F)(F)F)c1)C(=O)O. The highest BCUT2D eigenvalue weighted by atomic mass is 19.4. The topological polar surface area (TPSA) is 61.7 Å². The molecule has 0 bridgehead atoms. The van der Waals surface area contributed by atoms with E-state index >= 15 is 0 Å². The molecule has 0 spiro atoms. The van der Waals surface area contributed by atoms with Crippen molar-refractivity contribution in [3.63, 3.8) is 0 Å². The fourth-order valence-corrected chi connectivity index (χ4v) is 1.33. The number of carboxylic acid groups (broad SMARTS) is 1. The lowest BCUT2D eigenvalue weighted by atomic mass is 10.1. The molecule has 0 aliphatic heterocycles. The van der Waals surface area contributed by atoms with Crippen molar-refractivity contribution in [2.24, 2.45) is 5.10 Å². The fourth-order valence-electron chi connectivity index (χ4n) is 1.33. The van der Waals surface area contributed by atoms with Crippen molar-refractivity contribution in [1.29, 1.82) is 0 Å². The number of alkyl halides is 3. The first-order valence-corrected chi connectivity index (χ1v) is 5.47. The summed E-state index contributed by atoms with van der Waals surface area (Å²) in [4.78, 5) is 10.4. The molecule has 104 valence electrons. The first-order valence-electron chi connectivity index (χ1n) is 5.47. The average Bonchev–Trinajstić information content (AvgIpc) is 2.33. The number of aliphatic carboxylic acids is 1. The number of benzene rings is 1. The van der Waals surface area contributed by atoms with E-state index in [-0.39, 0.29) is 12.3 Å². The Bertz CT molecular complexity index is 484. The Labute approximate surface area is 107 Å². The van der Waals surface area contributed by atoms with E-state index in [1.807, 2.05) is 0 Å². The van der Waals surface area contributed by atoms with Gasteiger partial charge in [-0.05, 0) is 25.0 Å². The molecule has 2 N–H and O–H groups in total. The molecule has 0 fully saturated rings. The van der Waals surface area contributed by atoms with Gasteiger partial charge in [0.25, 0.3) is 0 Å². The summed E-state index contributed by atoms with van der Waals surface area (Å²) in [6.45, 7) is 1.57. The molecule has 0 saturated heterocycles. The Morgan fingerprint density at radius 2 is 2.11 bits per heavy atom. The number of rotatable bonds is 5. The Kier molecular flexibility index (Phi) is 4.91. The maximum Gasteiger partial charge on any atom is 0.416 e. The van der Waals surface area contributed by atoms with Crippen LogP contribution < -0.4 is 5.43 Å². The van der Waals surface area contributed by atoms with Crippen molar-refractivity contribution in [2.45, 2.75) is 19.5 Å². The van der Waals surface area contributed by atoms with E-state index in [0.29, 0.717) is 12.0 Å². The summed E-state index contributed by atoms with van der Waals surface area (Å²) in [5, 5.41) is 12.1. The van der Waals surface area contributed by atoms with Crippen LogP contribution in [0.15, 0.2) is 29.4 Å². The summed E-state index contributed by atoms with van der Waals surface area (Å²) in [6.07, 6.45) is -4.04. The van der Waals surface area contributed by atoms with Crippen molar-refractivity contribution < 1.29 is 23.1 Å². The number of nitrogens with zero attached hydrogens (tertiary/aromatic N) is 1. The molecule has 0 unspecified atom stereocenters. The Hall–Kier alpha value is -2.05. The maximum absolute atomic E-state index is 12.4. The molecule has 1 rings (SSSR count). The third-order valence-electron chi connectivity index (χ3n) is 2.34. The molecule has 0 atom stereocenters. The van der Waals surface area contributed by atoms with Gasteiger partial charge in [-0.15, -0.1) is 0 Å². The molecule has 0 aromatic heterocycles. The van der Waals surface area contributed by atoms with Gasteiger partial charge >= 0.3 is 12.1 Å². The van der Waals surface area contributed by atoms with Crippen LogP contribution in [0.1, 0.15) is 18.1 Å². The molecule has 0 aliphatic carbocycles. The number of carboxylic acids is 1. The standard InChI is InChI=1S/C12H13F3N2O2/c1-8(11(18)19)17-16-6-5-9-3-2-4-10(7-9)12(13,14)15/h2-4,7,16H,5-6H2,1H3,(H,18,19)/b17-8-. The third-order valence-corrected chi connectivity index (χ3v) is 2.34. The van der Waals surface area contributed by atoms with Crippen molar-refractivity contribution in [3.05, 3.63) is 35.4 Å². The minimum absolute atomic E-state index is 0.107. The summed E-state index contributed by atoms with van der Waals surface area (Å²) in [5.41, 5.74) is 2.20. The van der Waals surface area contributed by atoms with Gasteiger partial charge in [-0.2, -0.15) is 18.3 Å². The molecular formula is C12H13F3N2O2. The fraction of sp³-hybridized carbons (Fsp3) is 0.333. The summed E-state index contributed by atoms with van der Waals surface area (Å²) in [5.74, 6) is -1.15. The zero-order valence-electron chi connectivity index (χ0n) is 10.2. The van der Waals surface area contributed by atoms with Crippen molar-refractivity contribution in [1.82, 2.24) is 5.43 Å². The zero-order chi connectivity index (χ0) is 14.5. The lowest BCUT2D eigenvalue weighted by Gasteiger charge is -2.08. The van der Waals surface area contributed by atoms with Crippen molar-refractivity contribution in [2.75, 3.05) is 6.54 Å². The first kappa shape index (κ1) is 15.0. The van der Waals surface area contributed by atoms with Crippen LogP contribution >= 0.6 is 0 Å². The molecule has 1 aromatic carbocycles. The van der Waals surface area contributed by atoms with Gasteiger partial charge in [0.1, 0.15) is 5.71 Å². The second-order valence-electron chi connectivity index (χ2n) is 3.86. The van der Waals surface area contributed by atoms with Crippen LogP contribution in [0.5, 0.6) is 0 Å². The number of carbonyl (C=O) groups is 1. The smallest absolute Gasteiger partial charge is 0.416 e. The number of hydrazone groups is 1. The number of hydrogen-bond acceptors (Lipinski definition) is 3. The molecular weight excluding hydrogens is 261 g/mol. The highest BCUT2D eigenvalue weighted by Crippen LogP contribution is 2.29. The van der Waals surface area contributed by atoms with Crippen molar-refractivity contribution >= 4 is 11.7 Å². The maximum atomic E-state index is 12.4. The molecule has 19 heavy (non-hydrogen) atoms. The second kappa shape index (κ2) is 6.21. The summed E-state index contributed by atoms with van der Waals surface area (Å²) >= 11 is 0. The van der Waals surface area contributed by atoms with Gasteiger partial charge < -0.3 is 10.5 Å². The van der Waals surface area contributed by atoms with Gasteiger partial charge in [-0.25, -0.2) is 4.79 Å². The summed E-state index contributed by atoms with van der Waals surface area (Å²) in [6, 6.07) is 4.98. The minimum atomic E-state index is -4.36. The molecule has 0 amide bonds. The lowest BCUT2D eigenvalue weighted by molar-refractivity contribution is -0.137. The first-order chi connectivity index (χ1) is 8.80. The van der Waals surface area contributed by atoms with Gasteiger partial charge in [0.15, 0.2) is 0 Å².